The molecule has 1 rings (SSSR count). The molecule has 0 unspecified atom stereocenters. The first-order chi connectivity index (χ1) is 19.6. The second kappa shape index (κ2) is 15.5. The zero-order valence-electron chi connectivity index (χ0n) is 30.7. The highest BCUT2D eigenvalue weighted by atomic mass is 32.2. The monoisotopic (exact) mass is 688 g/mol. The molecule has 1 aromatic rings. The molecule has 0 aliphatic rings. The average molecular weight is 689 g/mol. The Morgan fingerprint density at radius 3 is 1.82 bits per heavy atom. The van der Waals surface area contributed by atoms with Gasteiger partial charge < -0.3 is 8.85 Å². The molecule has 3 atom stereocenters. The number of benzene rings is 1. The quantitative estimate of drug-likeness (QED) is 0.104. The van der Waals surface area contributed by atoms with E-state index in [0.29, 0.717) is 25.9 Å². The maximum Gasteiger partial charge on any atom is 0.243 e. The number of sulfonamides is 1. The topological polar surface area (TPSA) is 85.3 Å². The number of unbranched alkanes of at least 4 members (excludes halogenated alkanes) is 1. The fraction of sp³-hybridized carbons (Fsp3) is 0.788. The molecule has 0 saturated heterocycles. The van der Waals surface area contributed by atoms with Crippen LogP contribution in [0.2, 0.25) is 36.3 Å². The van der Waals surface area contributed by atoms with Crippen molar-refractivity contribution in [3.05, 3.63) is 29.8 Å². The summed E-state index contributed by atoms with van der Waals surface area (Å²) >= 11 is 0. The standard InChI is InChI=1S/C33H64N2O5S2Si2/c1-26(2)35(42(37,38)30-22-20-28(21-23-30)27(3)40-44(15,16)33(10,11)12)29(25-39-43(13,14)32(7,8)9)19-17-18-24-34-41(36)31(4,5)6/h20-24,26-27,29H,17-19,25H2,1-16H3/t27-,29+,41-/m1/s1. The van der Waals surface area contributed by atoms with Crippen LogP contribution in [0.3, 0.4) is 0 Å². The second-order valence-electron chi connectivity index (χ2n) is 16.3. The summed E-state index contributed by atoms with van der Waals surface area (Å²) in [5.41, 5.74) is 0.967. The van der Waals surface area contributed by atoms with Gasteiger partial charge in [-0.05, 0) is 115 Å². The van der Waals surface area contributed by atoms with Crippen molar-refractivity contribution >= 4 is 43.9 Å². The van der Waals surface area contributed by atoms with Gasteiger partial charge in [0, 0.05) is 18.3 Å². The van der Waals surface area contributed by atoms with Gasteiger partial charge in [0.1, 0.15) is 11.0 Å². The summed E-state index contributed by atoms with van der Waals surface area (Å²) in [4.78, 5) is 0.272. The van der Waals surface area contributed by atoms with E-state index in [4.69, 9.17) is 8.85 Å². The predicted octanol–water partition coefficient (Wildman–Crippen LogP) is 9.26. The van der Waals surface area contributed by atoms with Crippen LogP contribution >= 0.6 is 0 Å². The Kier molecular flexibility index (Phi) is 14.5. The van der Waals surface area contributed by atoms with E-state index >= 15 is 0 Å². The molecule has 0 saturated carbocycles. The van der Waals surface area contributed by atoms with Crippen molar-refractivity contribution in [3.63, 3.8) is 0 Å². The minimum Gasteiger partial charge on any atom is -0.415 e. The molecule has 0 heterocycles. The second-order valence-corrected chi connectivity index (χ2v) is 29.7. The lowest BCUT2D eigenvalue weighted by atomic mass is 10.1. The molecule has 0 N–H and O–H groups in total. The Hall–Kier alpha value is -0.696. The molecular formula is C33H64N2O5S2Si2. The minimum atomic E-state index is -3.82. The van der Waals surface area contributed by atoms with E-state index in [-0.39, 0.29) is 33.2 Å². The van der Waals surface area contributed by atoms with Crippen molar-refractivity contribution in [2.45, 2.75) is 166 Å². The molecule has 0 bridgehead atoms. The molecule has 11 heteroatoms. The van der Waals surface area contributed by atoms with Gasteiger partial charge in [-0.25, -0.2) is 12.6 Å². The highest BCUT2D eigenvalue weighted by Crippen LogP contribution is 2.40. The molecule has 44 heavy (non-hydrogen) atoms. The highest BCUT2D eigenvalue weighted by Gasteiger charge is 2.41. The average Bonchev–Trinajstić information content (AvgIpc) is 2.84. The third kappa shape index (κ3) is 11.5. The van der Waals surface area contributed by atoms with E-state index in [9.17, 15) is 12.6 Å². The van der Waals surface area contributed by atoms with Gasteiger partial charge >= 0.3 is 0 Å². The summed E-state index contributed by atoms with van der Waals surface area (Å²) in [5, 5.41) is 0.0844. The van der Waals surface area contributed by atoms with E-state index in [2.05, 4.69) is 72.1 Å². The molecule has 7 nitrogen and oxygen atoms in total. The molecule has 0 aromatic heterocycles. The van der Waals surface area contributed by atoms with E-state index in [1.165, 1.54) is 0 Å². The molecule has 0 aliphatic carbocycles. The van der Waals surface area contributed by atoms with Crippen molar-refractivity contribution in [2.75, 3.05) is 6.61 Å². The molecule has 0 radical (unpaired) electrons. The number of rotatable bonds is 15. The fourth-order valence-electron chi connectivity index (χ4n) is 4.14. The van der Waals surface area contributed by atoms with Gasteiger partial charge in [0.2, 0.25) is 10.0 Å². The number of hydrogen-bond donors (Lipinski definition) is 0. The Balaban J connectivity index is 3.34. The third-order valence-electron chi connectivity index (χ3n) is 9.08. The highest BCUT2D eigenvalue weighted by molar-refractivity contribution is 7.89. The Bertz CT molecular complexity index is 1210. The first-order valence-electron chi connectivity index (χ1n) is 16.0. The lowest BCUT2D eigenvalue weighted by molar-refractivity contribution is 0.162. The van der Waals surface area contributed by atoms with Crippen LogP contribution in [-0.4, -0.2) is 63.2 Å². The Morgan fingerprint density at radius 2 is 1.39 bits per heavy atom. The van der Waals surface area contributed by atoms with Crippen LogP contribution in [0.25, 0.3) is 0 Å². The number of nitrogens with zero attached hydrogens (tertiary/aromatic N) is 2. The smallest absolute Gasteiger partial charge is 0.243 e. The van der Waals surface area contributed by atoms with Gasteiger partial charge in [0.15, 0.2) is 16.6 Å². The molecule has 0 spiro atoms. The van der Waals surface area contributed by atoms with Crippen LogP contribution in [0.15, 0.2) is 33.6 Å². The van der Waals surface area contributed by atoms with Gasteiger partial charge in [0.05, 0.1) is 22.4 Å². The van der Waals surface area contributed by atoms with Crippen LogP contribution in [0, 0.1) is 0 Å². The minimum absolute atomic E-state index is 0.00176. The van der Waals surface area contributed by atoms with Crippen molar-refractivity contribution < 1.29 is 21.5 Å². The van der Waals surface area contributed by atoms with E-state index < -0.39 is 42.4 Å². The normalized spacial score (nSPS) is 16.6. The molecule has 1 aromatic carbocycles. The van der Waals surface area contributed by atoms with Crippen LogP contribution < -0.4 is 0 Å². The SMILES string of the molecule is CC(C)N([C@@H](CCCC=N[S@](=O)C(C)(C)C)CO[Si](C)(C)C(C)(C)C)S(=O)(=O)c1ccc([C@@H](C)O[Si](C)(C)C(C)(C)C)cc1. The molecular weight excluding hydrogens is 625 g/mol. The largest absolute Gasteiger partial charge is 0.415 e. The van der Waals surface area contributed by atoms with Crippen LogP contribution in [-0.2, 0) is 29.9 Å². The van der Waals surface area contributed by atoms with E-state index in [1.54, 1.807) is 22.7 Å². The van der Waals surface area contributed by atoms with E-state index in [1.807, 2.05) is 53.7 Å². The first-order valence-corrected chi connectivity index (χ1v) is 24.4. The van der Waals surface area contributed by atoms with Gasteiger partial charge in [-0.15, -0.1) is 0 Å². The van der Waals surface area contributed by atoms with E-state index in [0.717, 1.165) is 5.56 Å². The summed E-state index contributed by atoms with van der Waals surface area (Å²) in [6, 6.07) is 6.58. The van der Waals surface area contributed by atoms with Crippen molar-refractivity contribution in [2.24, 2.45) is 4.40 Å². The van der Waals surface area contributed by atoms with Crippen LogP contribution in [0.1, 0.15) is 114 Å². The lowest BCUT2D eigenvalue weighted by Crippen LogP contribution is -2.50. The zero-order valence-corrected chi connectivity index (χ0v) is 34.3. The Labute approximate surface area is 275 Å². The first kappa shape index (κ1) is 41.3. The zero-order chi connectivity index (χ0) is 34.5. The maximum absolute atomic E-state index is 14.3. The summed E-state index contributed by atoms with van der Waals surface area (Å²) in [6.45, 7) is 34.0. The number of hydrogen-bond acceptors (Lipinski definition) is 5. The van der Waals surface area contributed by atoms with Gasteiger partial charge in [-0.2, -0.15) is 8.70 Å². The van der Waals surface area contributed by atoms with Crippen molar-refractivity contribution in [1.82, 2.24) is 4.31 Å². The summed E-state index contributed by atoms with van der Waals surface area (Å²) < 4.78 is 59.5. The summed E-state index contributed by atoms with van der Waals surface area (Å²) in [6.07, 6.45) is 3.51. The van der Waals surface area contributed by atoms with Gasteiger partial charge in [-0.3, -0.25) is 0 Å². The molecule has 0 amide bonds. The third-order valence-corrected chi connectivity index (χ3v) is 21.7. The summed E-state index contributed by atoms with van der Waals surface area (Å²) in [5.74, 6) is 0. The van der Waals surface area contributed by atoms with Crippen molar-refractivity contribution in [1.29, 1.82) is 0 Å². The van der Waals surface area contributed by atoms with Gasteiger partial charge in [0.25, 0.3) is 0 Å². The molecule has 256 valence electrons. The fourth-order valence-corrected chi connectivity index (χ4v) is 8.95. The predicted molar refractivity (Wildman–Crippen MR) is 194 cm³/mol. The lowest BCUT2D eigenvalue weighted by Gasteiger charge is -2.40. The van der Waals surface area contributed by atoms with Crippen LogP contribution in [0.5, 0.6) is 0 Å². The van der Waals surface area contributed by atoms with Crippen molar-refractivity contribution in [3.8, 4) is 0 Å². The Morgan fingerprint density at radius 1 is 0.886 bits per heavy atom. The van der Waals surface area contributed by atoms with Crippen LogP contribution in [0.4, 0.5) is 0 Å². The summed E-state index contributed by atoms with van der Waals surface area (Å²) in [7, 11) is -9.25. The molecule has 0 aliphatic heterocycles. The maximum atomic E-state index is 14.3. The molecule has 0 fully saturated rings. The van der Waals surface area contributed by atoms with Gasteiger partial charge in [-0.1, -0.05) is 53.7 Å².